The number of aryl methyl sites for hydroxylation is 1. The van der Waals surface area contributed by atoms with Crippen LogP contribution >= 0.6 is 11.6 Å². The number of hydrogen-bond donors (Lipinski definition) is 2. The molecule has 2 aromatic rings. The van der Waals surface area contributed by atoms with Gasteiger partial charge in [0.25, 0.3) is 0 Å². The molecule has 2 rings (SSSR count). The molecule has 6 nitrogen and oxygen atoms in total. The van der Waals surface area contributed by atoms with E-state index < -0.39 is 5.97 Å². The van der Waals surface area contributed by atoms with E-state index in [0.29, 0.717) is 34.0 Å². The fourth-order valence-corrected chi connectivity index (χ4v) is 2.35. The minimum atomic E-state index is -0.422. The predicted octanol–water partition coefficient (Wildman–Crippen LogP) is 4.43. The molecule has 0 atom stereocenters. The first kappa shape index (κ1) is 19.0. The van der Waals surface area contributed by atoms with E-state index in [4.69, 9.17) is 16.3 Å². The molecule has 0 spiro atoms. The first-order valence-electron chi connectivity index (χ1n) is 8.13. The maximum atomic E-state index is 11.7. The van der Waals surface area contributed by atoms with Gasteiger partial charge in [-0.2, -0.15) is 4.98 Å². The Morgan fingerprint density at radius 2 is 2.04 bits per heavy atom. The number of methoxy groups -OCH3 is 1. The summed E-state index contributed by atoms with van der Waals surface area (Å²) in [6.07, 6.45) is 1.03. The highest BCUT2D eigenvalue weighted by Gasteiger charge is 2.10. The Morgan fingerprint density at radius 3 is 2.72 bits per heavy atom. The van der Waals surface area contributed by atoms with E-state index in [-0.39, 0.29) is 0 Å². The average Bonchev–Trinajstić information content (AvgIpc) is 2.55. The Balaban J connectivity index is 2.19. The molecular weight excluding hydrogens is 340 g/mol. The maximum Gasteiger partial charge on any atom is 0.337 e. The number of nitrogens with zero attached hydrogens (tertiary/aromatic N) is 2. The monoisotopic (exact) mass is 362 g/mol. The Hall–Kier alpha value is -2.34. The van der Waals surface area contributed by atoms with Crippen molar-refractivity contribution in [2.24, 2.45) is 5.92 Å². The molecule has 2 N–H and O–H groups in total. The summed E-state index contributed by atoms with van der Waals surface area (Å²) in [7, 11) is 1.34. The van der Waals surface area contributed by atoms with Crippen molar-refractivity contribution in [3.05, 3.63) is 40.5 Å². The van der Waals surface area contributed by atoms with Crippen LogP contribution in [0.4, 0.5) is 17.5 Å². The lowest BCUT2D eigenvalue weighted by atomic mass is 10.1. The summed E-state index contributed by atoms with van der Waals surface area (Å²) in [6, 6.07) is 6.71. The standard InChI is InChI=1S/C18H23ClN4O2/c1-11(2)7-8-20-18-21-12(3)9-16(23-18)22-15-10-13(17(24)25-4)5-6-14(15)19/h5-6,9-11H,7-8H2,1-4H3,(H2,20,21,22,23). The molecule has 0 saturated carbocycles. The van der Waals surface area contributed by atoms with Crippen molar-refractivity contribution in [2.75, 3.05) is 24.3 Å². The molecule has 0 aliphatic heterocycles. The average molecular weight is 363 g/mol. The fourth-order valence-electron chi connectivity index (χ4n) is 2.19. The SMILES string of the molecule is COC(=O)c1ccc(Cl)c(Nc2cc(C)nc(NCCC(C)C)n2)c1. The van der Waals surface area contributed by atoms with Crippen molar-refractivity contribution in [1.82, 2.24) is 9.97 Å². The lowest BCUT2D eigenvalue weighted by molar-refractivity contribution is 0.0601. The summed E-state index contributed by atoms with van der Waals surface area (Å²) in [5.74, 6) is 1.34. The van der Waals surface area contributed by atoms with Gasteiger partial charge in [-0.05, 0) is 37.5 Å². The normalized spacial score (nSPS) is 10.6. The summed E-state index contributed by atoms with van der Waals surface area (Å²) < 4.78 is 4.74. The summed E-state index contributed by atoms with van der Waals surface area (Å²) >= 11 is 6.22. The lowest BCUT2D eigenvalue weighted by Crippen LogP contribution is -2.09. The van der Waals surface area contributed by atoms with Gasteiger partial charge in [0, 0.05) is 18.3 Å². The molecule has 0 aliphatic rings. The van der Waals surface area contributed by atoms with Crippen LogP contribution in [0.3, 0.4) is 0 Å². The minimum absolute atomic E-state index is 0.412. The zero-order valence-corrected chi connectivity index (χ0v) is 15.6. The number of nitrogens with one attached hydrogen (secondary N) is 2. The number of benzene rings is 1. The van der Waals surface area contributed by atoms with Crippen molar-refractivity contribution in [2.45, 2.75) is 27.2 Å². The number of aromatic nitrogens is 2. The lowest BCUT2D eigenvalue weighted by Gasteiger charge is -2.12. The highest BCUT2D eigenvalue weighted by Crippen LogP contribution is 2.27. The third-order valence-electron chi connectivity index (χ3n) is 3.51. The molecule has 1 aromatic heterocycles. The Labute approximate surface area is 153 Å². The highest BCUT2D eigenvalue weighted by molar-refractivity contribution is 6.33. The second kappa shape index (κ2) is 8.67. The molecule has 0 aliphatic carbocycles. The van der Waals surface area contributed by atoms with E-state index in [1.165, 1.54) is 7.11 Å². The molecular formula is C18H23ClN4O2. The smallest absolute Gasteiger partial charge is 0.337 e. The summed E-state index contributed by atoms with van der Waals surface area (Å²) in [5, 5.41) is 6.85. The van der Waals surface area contributed by atoms with Gasteiger partial charge < -0.3 is 15.4 Å². The number of carbonyl (C=O) groups excluding carboxylic acids is 1. The van der Waals surface area contributed by atoms with Crippen LogP contribution in [0.1, 0.15) is 36.3 Å². The van der Waals surface area contributed by atoms with Crippen LogP contribution in [-0.2, 0) is 4.74 Å². The van der Waals surface area contributed by atoms with E-state index >= 15 is 0 Å². The molecule has 0 fully saturated rings. The number of anilines is 3. The van der Waals surface area contributed by atoms with Gasteiger partial charge in [0.15, 0.2) is 0 Å². The largest absolute Gasteiger partial charge is 0.465 e. The molecule has 0 radical (unpaired) electrons. The van der Waals surface area contributed by atoms with E-state index in [1.54, 1.807) is 18.2 Å². The number of esters is 1. The summed E-state index contributed by atoms with van der Waals surface area (Å²) in [4.78, 5) is 20.5. The first-order valence-corrected chi connectivity index (χ1v) is 8.51. The zero-order chi connectivity index (χ0) is 18.4. The van der Waals surface area contributed by atoms with Crippen LogP contribution in [0.25, 0.3) is 0 Å². The van der Waals surface area contributed by atoms with Crippen molar-refractivity contribution < 1.29 is 9.53 Å². The van der Waals surface area contributed by atoms with Gasteiger partial charge in [0.1, 0.15) is 5.82 Å². The Bertz CT molecular complexity index is 750. The number of halogens is 1. The molecule has 7 heteroatoms. The van der Waals surface area contributed by atoms with Crippen molar-refractivity contribution in [1.29, 1.82) is 0 Å². The number of carbonyl (C=O) groups is 1. The molecule has 1 heterocycles. The fraction of sp³-hybridized carbons (Fsp3) is 0.389. The molecule has 1 aromatic carbocycles. The molecule has 0 saturated heterocycles. The Morgan fingerprint density at radius 1 is 1.28 bits per heavy atom. The van der Waals surface area contributed by atoms with Gasteiger partial charge in [-0.15, -0.1) is 0 Å². The molecule has 134 valence electrons. The van der Waals surface area contributed by atoms with Gasteiger partial charge >= 0.3 is 5.97 Å². The quantitative estimate of drug-likeness (QED) is 0.710. The molecule has 0 amide bonds. The second-order valence-corrected chi connectivity index (χ2v) is 6.55. The van der Waals surface area contributed by atoms with Crippen LogP contribution < -0.4 is 10.6 Å². The van der Waals surface area contributed by atoms with E-state index in [9.17, 15) is 4.79 Å². The number of ether oxygens (including phenoxy) is 1. The third-order valence-corrected chi connectivity index (χ3v) is 3.84. The van der Waals surface area contributed by atoms with Gasteiger partial charge in [0.05, 0.1) is 23.4 Å². The van der Waals surface area contributed by atoms with Crippen molar-refractivity contribution >= 4 is 35.0 Å². The summed E-state index contributed by atoms with van der Waals surface area (Å²) in [6.45, 7) is 7.04. The van der Waals surface area contributed by atoms with Gasteiger partial charge in [-0.1, -0.05) is 25.4 Å². The Kier molecular flexibility index (Phi) is 6.58. The van der Waals surface area contributed by atoms with Crippen LogP contribution in [0.5, 0.6) is 0 Å². The van der Waals surface area contributed by atoms with Gasteiger partial charge in [-0.3, -0.25) is 0 Å². The van der Waals surface area contributed by atoms with E-state index in [0.717, 1.165) is 18.7 Å². The van der Waals surface area contributed by atoms with Gasteiger partial charge in [-0.25, -0.2) is 9.78 Å². The van der Waals surface area contributed by atoms with Gasteiger partial charge in [0.2, 0.25) is 5.95 Å². The molecule has 25 heavy (non-hydrogen) atoms. The third kappa shape index (κ3) is 5.60. The van der Waals surface area contributed by atoms with E-state index in [1.807, 2.05) is 13.0 Å². The second-order valence-electron chi connectivity index (χ2n) is 6.14. The number of hydrogen-bond acceptors (Lipinski definition) is 6. The van der Waals surface area contributed by atoms with Crippen LogP contribution in [0, 0.1) is 12.8 Å². The number of rotatable bonds is 7. The highest BCUT2D eigenvalue weighted by atomic mass is 35.5. The predicted molar refractivity (Wildman–Crippen MR) is 101 cm³/mol. The van der Waals surface area contributed by atoms with Crippen LogP contribution in [-0.4, -0.2) is 29.6 Å². The molecule has 0 unspecified atom stereocenters. The van der Waals surface area contributed by atoms with Crippen molar-refractivity contribution in [3.8, 4) is 0 Å². The van der Waals surface area contributed by atoms with Crippen molar-refractivity contribution in [3.63, 3.8) is 0 Å². The molecule has 0 bridgehead atoms. The first-order chi connectivity index (χ1) is 11.9. The zero-order valence-electron chi connectivity index (χ0n) is 14.9. The summed E-state index contributed by atoms with van der Waals surface area (Å²) in [5.41, 5.74) is 1.82. The van der Waals surface area contributed by atoms with Crippen LogP contribution in [0.15, 0.2) is 24.3 Å². The van der Waals surface area contributed by atoms with Crippen LogP contribution in [0.2, 0.25) is 5.02 Å². The minimum Gasteiger partial charge on any atom is -0.465 e. The maximum absolute atomic E-state index is 11.7. The topological polar surface area (TPSA) is 76.1 Å². The van der Waals surface area contributed by atoms with E-state index in [2.05, 4.69) is 34.4 Å².